The number of carbonyl (C=O) groups is 1. The number of carbonyl (C=O) groups excluding carboxylic acids is 1. The van der Waals surface area contributed by atoms with Crippen LogP contribution in [-0.4, -0.2) is 43.7 Å². The summed E-state index contributed by atoms with van der Waals surface area (Å²) in [6, 6.07) is 18.7. The molecule has 1 aromatic heterocycles. The van der Waals surface area contributed by atoms with Crippen LogP contribution in [0.25, 0.3) is 6.08 Å². The van der Waals surface area contributed by atoms with Crippen LogP contribution in [-0.2, 0) is 6.42 Å². The molecular formula is C25H26N2O4. The molecule has 3 aromatic rings. The van der Waals surface area contributed by atoms with Gasteiger partial charge >= 0.3 is 0 Å². The van der Waals surface area contributed by atoms with Crippen molar-refractivity contribution in [3.05, 3.63) is 89.9 Å². The van der Waals surface area contributed by atoms with Crippen molar-refractivity contribution in [2.75, 3.05) is 27.9 Å². The third-order valence-electron chi connectivity index (χ3n) is 4.80. The van der Waals surface area contributed by atoms with Crippen molar-refractivity contribution in [3.63, 3.8) is 0 Å². The number of benzene rings is 2. The monoisotopic (exact) mass is 418 g/mol. The van der Waals surface area contributed by atoms with Gasteiger partial charge in [-0.05, 0) is 60.0 Å². The number of pyridine rings is 1. The largest absolute Gasteiger partial charge is 0.497 e. The first kappa shape index (κ1) is 21.9. The highest BCUT2D eigenvalue weighted by atomic mass is 16.5. The Bertz CT molecular complexity index is 1020. The Morgan fingerprint density at radius 2 is 1.71 bits per heavy atom. The number of nitrogens with zero attached hydrogens (tertiary/aromatic N) is 2. The molecule has 0 unspecified atom stereocenters. The predicted molar refractivity (Wildman–Crippen MR) is 121 cm³/mol. The molecule has 0 saturated carbocycles. The highest BCUT2D eigenvalue weighted by Crippen LogP contribution is 2.27. The predicted octanol–water partition coefficient (Wildman–Crippen LogP) is 4.46. The minimum atomic E-state index is -0.161. The van der Waals surface area contributed by atoms with E-state index in [1.54, 1.807) is 56.8 Å². The molecule has 0 spiro atoms. The summed E-state index contributed by atoms with van der Waals surface area (Å²) in [5.74, 6) is 1.96. The summed E-state index contributed by atoms with van der Waals surface area (Å²) in [7, 11) is 4.84. The number of methoxy groups -OCH3 is 3. The van der Waals surface area contributed by atoms with Gasteiger partial charge in [0.25, 0.3) is 5.91 Å². The van der Waals surface area contributed by atoms with E-state index in [0.29, 0.717) is 30.2 Å². The molecule has 3 rings (SSSR count). The van der Waals surface area contributed by atoms with E-state index >= 15 is 0 Å². The number of aromatic nitrogens is 1. The molecule has 0 aliphatic heterocycles. The number of hydrogen-bond acceptors (Lipinski definition) is 5. The lowest BCUT2D eigenvalue weighted by Gasteiger charge is -2.19. The van der Waals surface area contributed by atoms with Gasteiger partial charge in [-0.25, -0.2) is 0 Å². The molecule has 0 saturated heterocycles. The maximum absolute atomic E-state index is 13.1. The highest BCUT2D eigenvalue weighted by molar-refractivity contribution is 5.93. The molecule has 31 heavy (non-hydrogen) atoms. The Morgan fingerprint density at radius 3 is 2.35 bits per heavy atom. The van der Waals surface area contributed by atoms with E-state index in [2.05, 4.69) is 4.98 Å². The van der Waals surface area contributed by atoms with Gasteiger partial charge in [0.2, 0.25) is 0 Å². The first-order chi connectivity index (χ1) is 15.1. The SMILES string of the molecule is COc1ccc(/C=C/N(CCc2ccc(OC)c(OC)c2)C(=O)c2ccccn2)cc1. The lowest BCUT2D eigenvalue weighted by Crippen LogP contribution is -2.28. The van der Waals surface area contributed by atoms with Gasteiger partial charge in [0, 0.05) is 18.9 Å². The van der Waals surface area contributed by atoms with Crippen LogP contribution in [0, 0.1) is 0 Å². The fourth-order valence-electron chi connectivity index (χ4n) is 3.06. The molecule has 6 nitrogen and oxygen atoms in total. The molecule has 0 N–H and O–H groups in total. The Balaban J connectivity index is 1.79. The molecule has 0 radical (unpaired) electrons. The standard InChI is InChI=1S/C25H26N2O4/c1-29-21-10-7-19(8-11-21)13-16-27(25(28)22-6-4-5-15-26-22)17-14-20-9-12-23(30-2)24(18-20)31-3/h4-13,15-16,18H,14,17H2,1-3H3/b16-13+. The molecule has 1 amide bonds. The van der Waals surface area contributed by atoms with Gasteiger partial charge in [0.15, 0.2) is 11.5 Å². The quantitative estimate of drug-likeness (QED) is 0.513. The fourth-order valence-corrected chi connectivity index (χ4v) is 3.06. The van der Waals surface area contributed by atoms with Crippen molar-refractivity contribution >= 4 is 12.0 Å². The lowest BCUT2D eigenvalue weighted by atomic mass is 10.1. The maximum Gasteiger partial charge on any atom is 0.276 e. The molecule has 0 atom stereocenters. The molecule has 160 valence electrons. The van der Waals surface area contributed by atoms with Gasteiger partial charge in [0.05, 0.1) is 21.3 Å². The number of hydrogen-bond donors (Lipinski definition) is 0. The third kappa shape index (κ3) is 5.85. The second-order valence-corrected chi connectivity index (χ2v) is 6.74. The average Bonchev–Trinajstić information content (AvgIpc) is 2.84. The van der Waals surface area contributed by atoms with E-state index in [0.717, 1.165) is 16.9 Å². The molecule has 0 bridgehead atoms. The van der Waals surface area contributed by atoms with Crippen molar-refractivity contribution in [1.29, 1.82) is 0 Å². The summed E-state index contributed by atoms with van der Waals surface area (Å²) >= 11 is 0. The van der Waals surface area contributed by atoms with Crippen LogP contribution in [0.1, 0.15) is 21.6 Å². The summed E-state index contributed by atoms with van der Waals surface area (Å²) in [6.07, 6.45) is 5.95. The minimum Gasteiger partial charge on any atom is -0.497 e. The lowest BCUT2D eigenvalue weighted by molar-refractivity contribution is 0.0819. The van der Waals surface area contributed by atoms with Gasteiger partial charge in [-0.2, -0.15) is 0 Å². The van der Waals surface area contributed by atoms with Crippen LogP contribution < -0.4 is 14.2 Å². The highest BCUT2D eigenvalue weighted by Gasteiger charge is 2.15. The van der Waals surface area contributed by atoms with E-state index in [4.69, 9.17) is 14.2 Å². The van der Waals surface area contributed by atoms with Crippen molar-refractivity contribution in [2.24, 2.45) is 0 Å². The average molecular weight is 418 g/mol. The van der Waals surface area contributed by atoms with Crippen LogP contribution >= 0.6 is 0 Å². The fraction of sp³-hybridized carbons (Fsp3) is 0.200. The number of ether oxygens (including phenoxy) is 3. The second kappa shape index (κ2) is 10.8. The topological polar surface area (TPSA) is 60.9 Å². The number of rotatable bonds is 9. The Kier molecular flexibility index (Phi) is 7.65. The van der Waals surface area contributed by atoms with Crippen LogP contribution in [0.2, 0.25) is 0 Å². The Morgan fingerprint density at radius 1 is 0.935 bits per heavy atom. The van der Waals surface area contributed by atoms with Gasteiger partial charge in [-0.1, -0.05) is 24.3 Å². The molecular weight excluding hydrogens is 392 g/mol. The Labute approximate surface area is 182 Å². The third-order valence-corrected chi connectivity index (χ3v) is 4.80. The van der Waals surface area contributed by atoms with E-state index in [-0.39, 0.29) is 5.91 Å². The zero-order valence-electron chi connectivity index (χ0n) is 17.9. The van der Waals surface area contributed by atoms with E-state index < -0.39 is 0 Å². The molecule has 1 heterocycles. The summed E-state index contributed by atoms with van der Waals surface area (Å²) in [5, 5.41) is 0. The summed E-state index contributed by atoms with van der Waals surface area (Å²) in [6.45, 7) is 0.484. The van der Waals surface area contributed by atoms with Crippen molar-refractivity contribution in [1.82, 2.24) is 9.88 Å². The smallest absolute Gasteiger partial charge is 0.276 e. The molecule has 0 aliphatic rings. The zero-order chi connectivity index (χ0) is 22.1. The molecule has 6 heteroatoms. The normalized spacial score (nSPS) is 10.7. The van der Waals surface area contributed by atoms with E-state index in [9.17, 15) is 4.79 Å². The van der Waals surface area contributed by atoms with Crippen molar-refractivity contribution in [2.45, 2.75) is 6.42 Å². The summed E-state index contributed by atoms with van der Waals surface area (Å²) in [5.41, 5.74) is 2.40. The van der Waals surface area contributed by atoms with Crippen LogP contribution in [0.15, 0.2) is 73.1 Å². The summed E-state index contributed by atoms with van der Waals surface area (Å²) in [4.78, 5) is 18.9. The van der Waals surface area contributed by atoms with Gasteiger partial charge < -0.3 is 19.1 Å². The first-order valence-corrected chi connectivity index (χ1v) is 9.89. The van der Waals surface area contributed by atoms with Gasteiger partial charge in [-0.15, -0.1) is 0 Å². The van der Waals surface area contributed by atoms with Gasteiger partial charge in [0.1, 0.15) is 11.4 Å². The van der Waals surface area contributed by atoms with E-state index in [1.165, 1.54) is 0 Å². The van der Waals surface area contributed by atoms with Crippen LogP contribution in [0.3, 0.4) is 0 Å². The summed E-state index contributed by atoms with van der Waals surface area (Å²) < 4.78 is 15.9. The van der Waals surface area contributed by atoms with Crippen molar-refractivity contribution < 1.29 is 19.0 Å². The Hall–Kier alpha value is -3.80. The second-order valence-electron chi connectivity index (χ2n) is 6.74. The number of amides is 1. The molecule has 2 aromatic carbocycles. The van der Waals surface area contributed by atoms with Crippen LogP contribution in [0.4, 0.5) is 0 Å². The van der Waals surface area contributed by atoms with E-state index in [1.807, 2.05) is 48.5 Å². The minimum absolute atomic E-state index is 0.161. The van der Waals surface area contributed by atoms with Gasteiger partial charge in [-0.3, -0.25) is 9.78 Å². The van der Waals surface area contributed by atoms with Crippen molar-refractivity contribution in [3.8, 4) is 17.2 Å². The maximum atomic E-state index is 13.1. The first-order valence-electron chi connectivity index (χ1n) is 9.89. The van der Waals surface area contributed by atoms with Crippen LogP contribution in [0.5, 0.6) is 17.2 Å². The zero-order valence-corrected chi connectivity index (χ0v) is 17.9. The molecule has 0 fully saturated rings. The molecule has 0 aliphatic carbocycles.